The van der Waals surface area contributed by atoms with Crippen molar-refractivity contribution >= 4 is 27.4 Å². The third-order valence-electron chi connectivity index (χ3n) is 7.88. The lowest BCUT2D eigenvalue weighted by atomic mass is 9.84. The number of carboxylic acid groups (broad SMARTS) is 1. The Kier molecular flexibility index (Phi) is 7.20. The molecule has 37 heavy (non-hydrogen) atoms. The number of benzene rings is 1. The van der Waals surface area contributed by atoms with Crippen molar-refractivity contribution in [2.24, 2.45) is 17.6 Å². The number of nitriles is 1. The first kappa shape index (κ1) is 27.2. The molecule has 5 rings (SSSR count). The van der Waals surface area contributed by atoms with Crippen molar-refractivity contribution in [2.75, 3.05) is 11.2 Å². The van der Waals surface area contributed by atoms with Gasteiger partial charge in [0.25, 0.3) is 0 Å². The molecular formula is C24H29F3N4O5S. The van der Waals surface area contributed by atoms with Crippen LogP contribution in [0.4, 0.5) is 18.9 Å². The number of carbonyl (C=O) groups is 2. The lowest BCUT2D eigenvalue weighted by Crippen LogP contribution is -2.54. The highest BCUT2D eigenvalue weighted by molar-refractivity contribution is 7.90. The number of carbonyl (C=O) groups excluding carboxylic acids is 1. The van der Waals surface area contributed by atoms with Crippen LogP contribution in [-0.2, 0) is 19.4 Å². The molecule has 1 aliphatic carbocycles. The maximum atomic E-state index is 13.1. The van der Waals surface area contributed by atoms with Crippen LogP contribution in [0, 0.1) is 23.2 Å². The summed E-state index contributed by atoms with van der Waals surface area (Å²) < 4.78 is 55.2. The number of aliphatic carboxylic acids is 1. The minimum absolute atomic E-state index is 0.0399. The molecule has 1 aromatic rings. The fraction of sp³-hybridized carbons (Fsp3) is 0.625. The highest BCUT2D eigenvalue weighted by Gasteiger charge is 2.55. The number of alkyl halides is 3. The summed E-state index contributed by atoms with van der Waals surface area (Å²) in [7, 11) is -3.21. The fourth-order valence-electron chi connectivity index (χ4n) is 6.06. The van der Waals surface area contributed by atoms with Crippen LogP contribution in [0.25, 0.3) is 0 Å². The topological polar surface area (TPSA) is 145 Å². The number of anilines is 1. The van der Waals surface area contributed by atoms with Crippen molar-refractivity contribution in [2.45, 2.75) is 79.8 Å². The molecule has 0 radical (unpaired) electrons. The van der Waals surface area contributed by atoms with E-state index in [2.05, 4.69) is 11.0 Å². The maximum Gasteiger partial charge on any atom is 0.490 e. The molecular weight excluding hydrogens is 513 g/mol. The van der Waals surface area contributed by atoms with Gasteiger partial charge >= 0.3 is 12.1 Å². The lowest BCUT2D eigenvalue weighted by Gasteiger charge is -2.42. The number of piperidine rings is 2. The number of hydrogen-bond acceptors (Lipinski definition) is 7. The second-order valence-corrected chi connectivity index (χ2v) is 12.3. The number of likely N-dealkylation sites (tertiary alicyclic amines) is 1. The van der Waals surface area contributed by atoms with E-state index in [9.17, 15) is 31.6 Å². The van der Waals surface area contributed by atoms with Gasteiger partial charge in [0.1, 0.15) is 6.04 Å². The number of fused-ring (bicyclic) bond motifs is 3. The largest absolute Gasteiger partial charge is 0.490 e. The molecule has 0 spiro atoms. The van der Waals surface area contributed by atoms with Crippen LogP contribution in [0.1, 0.15) is 38.5 Å². The molecule has 9 nitrogen and oxygen atoms in total. The van der Waals surface area contributed by atoms with E-state index in [-0.39, 0.29) is 23.9 Å². The Bertz CT molecular complexity index is 1190. The first-order valence-corrected chi connectivity index (χ1v) is 14.0. The standard InChI is InChI=1S/C22H28N4O3S.C2HF3O2/c1-30(28,29)19-6-4-15(5-7-19)25-16-2-3-17(25)10-14(9-16)21(24)22(27)26-18(12-23)8-13-11-20(13)26;3-2(4,5)1(6)7/h4-7,13-14,16-18,20-21H,2-3,8-11,24H2,1H3;(H,6,7)/t13-,14?,16?,17?,18+,20+,21+;/m1./s1. The number of amides is 1. The minimum atomic E-state index is -5.08. The third-order valence-corrected chi connectivity index (χ3v) is 9.00. The Hall–Kier alpha value is -2.85. The molecule has 1 aromatic carbocycles. The van der Waals surface area contributed by atoms with Crippen LogP contribution in [0.5, 0.6) is 0 Å². The minimum Gasteiger partial charge on any atom is -0.475 e. The Morgan fingerprint density at radius 3 is 2.11 bits per heavy atom. The van der Waals surface area contributed by atoms with Gasteiger partial charge in [0.2, 0.25) is 5.91 Å². The van der Waals surface area contributed by atoms with Crippen LogP contribution in [0.3, 0.4) is 0 Å². The number of hydrogen-bond donors (Lipinski definition) is 2. The van der Waals surface area contributed by atoms with Crippen LogP contribution in [-0.4, -0.2) is 72.9 Å². The lowest BCUT2D eigenvalue weighted by molar-refractivity contribution is -0.192. The Morgan fingerprint density at radius 2 is 1.65 bits per heavy atom. The summed E-state index contributed by atoms with van der Waals surface area (Å²) in [5.74, 6) is -2.17. The highest BCUT2D eigenvalue weighted by atomic mass is 32.2. The summed E-state index contributed by atoms with van der Waals surface area (Å²) in [4.78, 5) is 26.6. The van der Waals surface area contributed by atoms with Gasteiger partial charge in [0.05, 0.1) is 17.0 Å². The van der Waals surface area contributed by atoms with Gasteiger partial charge in [0.15, 0.2) is 9.84 Å². The molecule has 1 saturated carbocycles. The summed E-state index contributed by atoms with van der Waals surface area (Å²) in [6, 6.07) is 9.43. The Labute approximate surface area is 212 Å². The molecule has 6 atom stereocenters. The van der Waals surface area contributed by atoms with E-state index in [0.717, 1.165) is 44.2 Å². The molecule has 3 heterocycles. The van der Waals surface area contributed by atoms with Gasteiger partial charge in [-0.2, -0.15) is 18.4 Å². The van der Waals surface area contributed by atoms with Gasteiger partial charge in [0, 0.05) is 30.1 Å². The Morgan fingerprint density at radius 1 is 1.11 bits per heavy atom. The molecule has 3 aliphatic heterocycles. The van der Waals surface area contributed by atoms with Gasteiger partial charge in [-0.25, -0.2) is 13.2 Å². The molecule has 2 bridgehead atoms. The SMILES string of the molecule is CS(=O)(=O)c1ccc(N2C3CCC2CC([C@H](N)C(=O)N2[C@H](C#N)C[C@@H]4C[C@@H]42)C3)cc1.O=C(O)C(F)(F)F. The first-order chi connectivity index (χ1) is 17.2. The van der Waals surface area contributed by atoms with Crippen LogP contribution in [0.2, 0.25) is 0 Å². The number of rotatable bonds is 4. The van der Waals surface area contributed by atoms with Gasteiger partial charge < -0.3 is 20.6 Å². The van der Waals surface area contributed by atoms with E-state index in [1.807, 2.05) is 12.1 Å². The second kappa shape index (κ2) is 9.79. The normalized spacial score (nSPS) is 31.0. The molecule has 13 heteroatoms. The molecule has 3 N–H and O–H groups in total. The smallest absolute Gasteiger partial charge is 0.475 e. The average molecular weight is 543 g/mol. The first-order valence-electron chi connectivity index (χ1n) is 12.1. The van der Waals surface area contributed by atoms with Gasteiger partial charge in [-0.15, -0.1) is 0 Å². The summed E-state index contributed by atoms with van der Waals surface area (Å²) in [6.07, 6.45) is 1.79. The predicted molar refractivity (Wildman–Crippen MR) is 126 cm³/mol. The number of carboxylic acids is 1. The maximum absolute atomic E-state index is 13.1. The highest BCUT2D eigenvalue weighted by Crippen LogP contribution is 2.49. The molecule has 202 valence electrons. The predicted octanol–water partition coefficient (Wildman–Crippen LogP) is 2.31. The third kappa shape index (κ3) is 5.55. The Balaban J connectivity index is 0.000000405. The van der Waals surface area contributed by atoms with Crippen molar-refractivity contribution in [1.82, 2.24) is 4.90 Å². The zero-order valence-corrected chi connectivity index (χ0v) is 21.0. The number of nitrogens with two attached hydrogens (primary N) is 1. The van der Waals surface area contributed by atoms with Crippen LogP contribution in [0.15, 0.2) is 29.2 Å². The molecule has 4 fully saturated rings. The van der Waals surface area contributed by atoms with E-state index in [1.54, 1.807) is 17.0 Å². The van der Waals surface area contributed by atoms with E-state index in [4.69, 9.17) is 15.6 Å². The molecule has 3 saturated heterocycles. The molecule has 4 aliphatic rings. The van der Waals surface area contributed by atoms with Crippen molar-refractivity contribution in [3.63, 3.8) is 0 Å². The number of halogens is 3. The molecule has 2 unspecified atom stereocenters. The number of sulfone groups is 1. The van der Waals surface area contributed by atoms with Crippen molar-refractivity contribution in [3.8, 4) is 6.07 Å². The van der Waals surface area contributed by atoms with E-state index < -0.39 is 28.0 Å². The second-order valence-electron chi connectivity index (χ2n) is 10.3. The van der Waals surface area contributed by atoms with E-state index in [0.29, 0.717) is 22.9 Å². The quantitative estimate of drug-likeness (QED) is 0.590. The van der Waals surface area contributed by atoms with Gasteiger partial charge in [-0.1, -0.05) is 0 Å². The molecule has 1 amide bonds. The monoisotopic (exact) mass is 542 g/mol. The summed E-state index contributed by atoms with van der Waals surface area (Å²) in [5.41, 5.74) is 7.53. The average Bonchev–Trinajstić information content (AvgIpc) is 3.41. The molecule has 0 aromatic heterocycles. The van der Waals surface area contributed by atoms with Crippen LogP contribution < -0.4 is 10.6 Å². The summed E-state index contributed by atoms with van der Waals surface area (Å²) in [6.45, 7) is 0. The van der Waals surface area contributed by atoms with Crippen molar-refractivity contribution < 1.29 is 36.3 Å². The summed E-state index contributed by atoms with van der Waals surface area (Å²) >= 11 is 0. The zero-order chi connectivity index (χ0) is 27.3. The van der Waals surface area contributed by atoms with Crippen LogP contribution >= 0.6 is 0 Å². The zero-order valence-electron chi connectivity index (χ0n) is 20.1. The number of nitrogens with zero attached hydrogens (tertiary/aromatic N) is 3. The van der Waals surface area contributed by atoms with Gasteiger partial charge in [-0.3, -0.25) is 4.79 Å². The van der Waals surface area contributed by atoms with Crippen molar-refractivity contribution in [3.05, 3.63) is 24.3 Å². The fourth-order valence-corrected chi connectivity index (χ4v) is 6.69. The van der Waals surface area contributed by atoms with E-state index >= 15 is 0 Å². The summed E-state index contributed by atoms with van der Waals surface area (Å²) in [5, 5.41) is 16.5. The van der Waals surface area contributed by atoms with Gasteiger partial charge in [-0.05, 0) is 74.6 Å². The van der Waals surface area contributed by atoms with Crippen molar-refractivity contribution in [1.29, 1.82) is 5.26 Å². The van der Waals surface area contributed by atoms with E-state index in [1.165, 1.54) is 6.26 Å².